The highest BCUT2D eigenvalue weighted by Crippen LogP contribution is 2.30. The largest absolute Gasteiger partial charge is 0.350 e. The summed E-state index contributed by atoms with van der Waals surface area (Å²) in [6.45, 7) is 5.72. The second-order valence-electron chi connectivity index (χ2n) is 5.94. The number of nitrogens with zero attached hydrogens (tertiary/aromatic N) is 3. The van der Waals surface area contributed by atoms with Gasteiger partial charge in [0.1, 0.15) is 5.82 Å². The van der Waals surface area contributed by atoms with Gasteiger partial charge < -0.3 is 5.32 Å². The molecular weight excluding hydrogens is 343 g/mol. The Morgan fingerprint density at radius 2 is 2.04 bits per heavy atom. The first-order valence-electron chi connectivity index (χ1n) is 8.03. The molecule has 130 valence electrons. The maximum Gasteiger partial charge on any atom is 0.254 e. The van der Waals surface area contributed by atoms with E-state index in [0.717, 1.165) is 6.42 Å². The van der Waals surface area contributed by atoms with Crippen molar-refractivity contribution >= 4 is 28.5 Å². The number of carbonyl (C=O) groups is 1. The van der Waals surface area contributed by atoms with Gasteiger partial charge >= 0.3 is 0 Å². The van der Waals surface area contributed by atoms with Crippen molar-refractivity contribution in [2.24, 2.45) is 0 Å². The van der Waals surface area contributed by atoms with E-state index < -0.39 is 0 Å². The number of hydrogen-bond donors (Lipinski definition) is 1. The van der Waals surface area contributed by atoms with Crippen LogP contribution >= 0.6 is 11.6 Å². The standard InChI is InChI=1S/C18H18ClFN4O/c1-4-10(2)22-18(25)14-9-21-17-15(16(14)19)11(3)23-24(17)13-7-5-12(20)6-8-13/h5-10H,4H2,1-3H3,(H,22,25)/t10-/m1/s1. The molecule has 0 spiro atoms. The van der Waals surface area contributed by atoms with Crippen molar-refractivity contribution in [2.45, 2.75) is 33.2 Å². The lowest BCUT2D eigenvalue weighted by Crippen LogP contribution is -2.32. The molecule has 0 saturated heterocycles. The lowest BCUT2D eigenvalue weighted by molar-refractivity contribution is 0.0939. The van der Waals surface area contributed by atoms with Crippen LogP contribution in [0, 0.1) is 12.7 Å². The molecule has 25 heavy (non-hydrogen) atoms. The summed E-state index contributed by atoms with van der Waals surface area (Å²) in [5.74, 6) is -0.588. The molecule has 0 aliphatic heterocycles. The molecule has 0 aliphatic rings. The lowest BCUT2D eigenvalue weighted by Gasteiger charge is -2.12. The summed E-state index contributed by atoms with van der Waals surface area (Å²) in [6.07, 6.45) is 2.27. The third-order valence-electron chi connectivity index (χ3n) is 4.11. The molecule has 7 heteroatoms. The topological polar surface area (TPSA) is 59.8 Å². The molecule has 1 aromatic carbocycles. The molecule has 0 bridgehead atoms. The number of nitrogens with one attached hydrogen (secondary N) is 1. The van der Waals surface area contributed by atoms with Gasteiger partial charge in [-0.2, -0.15) is 5.10 Å². The Balaban J connectivity index is 2.10. The minimum atomic E-state index is -0.327. The van der Waals surface area contributed by atoms with Crippen LogP contribution in [0.3, 0.4) is 0 Å². The Kier molecular flexibility index (Phi) is 4.72. The van der Waals surface area contributed by atoms with E-state index in [4.69, 9.17) is 11.6 Å². The van der Waals surface area contributed by atoms with Crippen LogP contribution in [0.1, 0.15) is 36.3 Å². The predicted molar refractivity (Wildman–Crippen MR) is 95.8 cm³/mol. The molecule has 2 aromatic heterocycles. The van der Waals surface area contributed by atoms with Gasteiger partial charge in [-0.3, -0.25) is 4.79 Å². The quantitative estimate of drug-likeness (QED) is 0.763. The first-order chi connectivity index (χ1) is 11.9. The summed E-state index contributed by atoms with van der Waals surface area (Å²) in [4.78, 5) is 16.8. The summed E-state index contributed by atoms with van der Waals surface area (Å²) in [7, 11) is 0. The van der Waals surface area contributed by atoms with Crippen LogP contribution in [0.4, 0.5) is 4.39 Å². The zero-order chi connectivity index (χ0) is 18.1. The average Bonchev–Trinajstić information content (AvgIpc) is 2.93. The van der Waals surface area contributed by atoms with Crippen LogP contribution in [0.15, 0.2) is 30.5 Å². The number of hydrogen-bond acceptors (Lipinski definition) is 3. The maximum atomic E-state index is 13.1. The van der Waals surface area contributed by atoms with Crippen molar-refractivity contribution in [1.82, 2.24) is 20.1 Å². The highest BCUT2D eigenvalue weighted by molar-refractivity contribution is 6.38. The molecule has 1 amide bonds. The van der Waals surface area contributed by atoms with E-state index in [9.17, 15) is 9.18 Å². The molecule has 5 nitrogen and oxygen atoms in total. The van der Waals surface area contributed by atoms with Crippen LogP contribution in [-0.2, 0) is 0 Å². The molecule has 0 unspecified atom stereocenters. The SMILES string of the molecule is CC[C@@H](C)NC(=O)c1cnc2c(c(C)nn2-c2ccc(F)cc2)c1Cl. The molecule has 0 aliphatic carbocycles. The van der Waals surface area contributed by atoms with E-state index in [1.807, 2.05) is 13.8 Å². The van der Waals surface area contributed by atoms with Gasteiger partial charge in [0, 0.05) is 12.2 Å². The van der Waals surface area contributed by atoms with Gasteiger partial charge in [0.2, 0.25) is 0 Å². The number of aryl methyl sites for hydroxylation is 1. The Hall–Kier alpha value is -2.47. The number of aromatic nitrogens is 3. The van der Waals surface area contributed by atoms with E-state index in [1.165, 1.54) is 18.3 Å². The number of pyridine rings is 1. The minimum absolute atomic E-state index is 0.0438. The maximum absolute atomic E-state index is 13.1. The smallest absolute Gasteiger partial charge is 0.254 e. The lowest BCUT2D eigenvalue weighted by atomic mass is 10.1. The number of benzene rings is 1. The third kappa shape index (κ3) is 3.22. The summed E-state index contributed by atoms with van der Waals surface area (Å²) in [6, 6.07) is 5.98. The first-order valence-corrected chi connectivity index (χ1v) is 8.40. The van der Waals surface area contributed by atoms with Gasteiger partial charge in [0.25, 0.3) is 5.91 Å². The zero-order valence-electron chi connectivity index (χ0n) is 14.2. The molecule has 0 saturated carbocycles. The van der Waals surface area contributed by atoms with E-state index in [2.05, 4.69) is 15.4 Å². The van der Waals surface area contributed by atoms with Crippen LogP contribution in [0.5, 0.6) is 0 Å². The van der Waals surface area contributed by atoms with E-state index in [0.29, 0.717) is 33.0 Å². The van der Waals surface area contributed by atoms with Gasteiger partial charge in [0.15, 0.2) is 5.65 Å². The highest BCUT2D eigenvalue weighted by atomic mass is 35.5. The molecular formula is C18H18ClFN4O. The molecule has 2 heterocycles. The fourth-order valence-electron chi connectivity index (χ4n) is 2.53. The van der Waals surface area contributed by atoms with Crippen LogP contribution in [0.2, 0.25) is 5.02 Å². The summed E-state index contributed by atoms with van der Waals surface area (Å²) in [5, 5.41) is 8.26. The van der Waals surface area contributed by atoms with Crippen LogP contribution < -0.4 is 5.32 Å². The number of halogens is 2. The molecule has 0 fully saturated rings. The summed E-state index contributed by atoms with van der Waals surface area (Å²) in [5.41, 5.74) is 2.15. The summed E-state index contributed by atoms with van der Waals surface area (Å²) < 4.78 is 14.7. The molecule has 1 N–H and O–H groups in total. The Morgan fingerprint density at radius 3 is 2.68 bits per heavy atom. The number of amides is 1. The molecule has 1 atom stereocenters. The van der Waals surface area contributed by atoms with E-state index >= 15 is 0 Å². The number of fused-ring (bicyclic) bond motifs is 1. The van der Waals surface area contributed by atoms with Gasteiger partial charge in [-0.25, -0.2) is 14.1 Å². The van der Waals surface area contributed by atoms with Gasteiger partial charge in [0.05, 0.1) is 27.4 Å². The third-order valence-corrected chi connectivity index (χ3v) is 4.51. The van der Waals surface area contributed by atoms with Crippen molar-refractivity contribution < 1.29 is 9.18 Å². The van der Waals surface area contributed by atoms with Crippen LogP contribution in [0.25, 0.3) is 16.7 Å². The van der Waals surface area contributed by atoms with Crippen LogP contribution in [-0.4, -0.2) is 26.7 Å². The Morgan fingerprint density at radius 1 is 1.36 bits per heavy atom. The van der Waals surface area contributed by atoms with Crippen molar-refractivity contribution in [2.75, 3.05) is 0 Å². The molecule has 3 rings (SSSR count). The van der Waals surface area contributed by atoms with Crippen molar-refractivity contribution in [3.8, 4) is 5.69 Å². The fraction of sp³-hybridized carbons (Fsp3) is 0.278. The Labute approximate surface area is 149 Å². The number of carbonyl (C=O) groups excluding carboxylic acids is 1. The normalized spacial score (nSPS) is 12.4. The second kappa shape index (κ2) is 6.80. The van der Waals surface area contributed by atoms with Gasteiger partial charge in [-0.05, 0) is 44.5 Å². The first kappa shape index (κ1) is 17.4. The monoisotopic (exact) mass is 360 g/mol. The average molecular weight is 361 g/mol. The van der Waals surface area contributed by atoms with E-state index in [1.54, 1.807) is 23.7 Å². The van der Waals surface area contributed by atoms with Crippen molar-refractivity contribution in [3.63, 3.8) is 0 Å². The van der Waals surface area contributed by atoms with E-state index in [-0.39, 0.29) is 17.8 Å². The zero-order valence-corrected chi connectivity index (χ0v) is 14.9. The minimum Gasteiger partial charge on any atom is -0.350 e. The van der Waals surface area contributed by atoms with Crippen molar-refractivity contribution in [1.29, 1.82) is 0 Å². The van der Waals surface area contributed by atoms with Gasteiger partial charge in [-0.1, -0.05) is 18.5 Å². The van der Waals surface area contributed by atoms with Gasteiger partial charge in [-0.15, -0.1) is 0 Å². The fourth-order valence-corrected chi connectivity index (χ4v) is 2.89. The second-order valence-corrected chi connectivity index (χ2v) is 6.32. The number of rotatable bonds is 4. The highest BCUT2D eigenvalue weighted by Gasteiger charge is 2.20. The Bertz CT molecular complexity index is 936. The summed E-state index contributed by atoms with van der Waals surface area (Å²) >= 11 is 6.48. The molecule has 0 radical (unpaired) electrons. The molecule has 3 aromatic rings. The predicted octanol–water partition coefficient (Wildman–Crippen LogP) is 4.05. The van der Waals surface area contributed by atoms with Crippen molar-refractivity contribution in [3.05, 3.63) is 52.6 Å².